The number of hydrogen-bond acceptors (Lipinski definition) is 5. The van der Waals surface area contributed by atoms with Crippen LogP contribution in [0, 0.1) is 0 Å². The van der Waals surface area contributed by atoms with Gasteiger partial charge in [-0.05, 0) is 6.08 Å². The van der Waals surface area contributed by atoms with Crippen LogP contribution in [0.15, 0.2) is 24.8 Å². The Kier molecular flexibility index (Phi) is 4.78. The first-order valence-electron chi connectivity index (χ1n) is 4.69. The topological polar surface area (TPSA) is 84.1 Å². The van der Waals surface area contributed by atoms with Crippen molar-refractivity contribution in [2.24, 2.45) is 0 Å². The third-order valence-corrected chi connectivity index (χ3v) is 1.94. The summed E-state index contributed by atoms with van der Waals surface area (Å²) in [5.74, 6) is -0.398. The Morgan fingerprint density at radius 1 is 1.75 bits per heavy atom. The van der Waals surface area contributed by atoms with Crippen molar-refractivity contribution in [2.45, 2.75) is 12.5 Å². The third-order valence-electron chi connectivity index (χ3n) is 1.94. The molecule has 1 atom stereocenters. The zero-order valence-electron chi connectivity index (χ0n) is 8.84. The third kappa shape index (κ3) is 3.56. The summed E-state index contributed by atoms with van der Waals surface area (Å²) in [5.41, 5.74) is 0.808. The molecule has 0 bridgehead atoms. The number of ether oxygens (including phenoxy) is 1. The van der Waals surface area contributed by atoms with E-state index in [4.69, 9.17) is 0 Å². The summed E-state index contributed by atoms with van der Waals surface area (Å²) in [5, 5.41) is 2.78. The minimum Gasteiger partial charge on any atom is -0.467 e. The van der Waals surface area contributed by atoms with Gasteiger partial charge >= 0.3 is 5.97 Å². The smallest absolute Gasteiger partial charge is 0.328 e. The zero-order valence-corrected chi connectivity index (χ0v) is 8.84. The van der Waals surface area contributed by atoms with Crippen molar-refractivity contribution in [3.05, 3.63) is 30.5 Å². The van der Waals surface area contributed by atoms with Crippen LogP contribution in [0.1, 0.15) is 5.69 Å². The van der Waals surface area contributed by atoms with Crippen LogP contribution in [0.3, 0.4) is 0 Å². The van der Waals surface area contributed by atoms with Crippen LogP contribution in [-0.4, -0.2) is 35.4 Å². The maximum atomic E-state index is 11.4. The predicted octanol–water partition coefficient (Wildman–Crippen LogP) is -0.204. The summed E-state index contributed by atoms with van der Waals surface area (Å²) < 4.78 is 4.63. The largest absolute Gasteiger partial charge is 0.467 e. The molecule has 0 fully saturated rings. The molecule has 1 aromatic heterocycles. The molecule has 0 radical (unpaired) electrons. The van der Waals surface area contributed by atoms with E-state index in [1.54, 1.807) is 6.20 Å². The molecule has 0 aliphatic heterocycles. The van der Waals surface area contributed by atoms with Crippen molar-refractivity contribution in [3.63, 3.8) is 0 Å². The van der Waals surface area contributed by atoms with Gasteiger partial charge in [-0.1, -0.05) is 0 Å². The molecule has 86 valence electrons. The van der Waals surface area contributed by atoms with Gasteiger partial charge in [0.15, 0.2) is 0 Å². The molecule has 1 heterocycles. The van der Waals surface area contributed by atoms with E-state index < -0.39 is 12.0 Å². The number of rotatable bonds is 6. The van der Waals surface area contributed by atoms with Gasteiger partial charge in [0.25, 0.3) is 0 Å². The van der Waals surface area contributed by atoms with Gasteiger partial charge in [0.1, 0.15) is 12.3 Å². The Hall–Kier alpha value is -2.11. The van der Waals surface area contributed by atoms with E-state index in [-0.39, 0.29) is 0 Å². The van der Waals surface area contributed by atoms with Crippen LogP contribution >= 0.6 is 0 Å². The molecule has 1 aromatic rings. The van der Waals surface area contributed by atoms with Crippen molar-refractivity contribution in [2.75, 3.05) is 7.11 Å². The van der Waals surface area contributed by atoms with Crippen LogP contribution in [0.2, 0.25) is 0 Å². The number of imidazole rings is 1. The fourth-order valence-electron chi connectivity index (χ4n) is 1.18. The number of H-pyrrole nitrogens is 1. The normalized spacial score (nSPS) is 12.3. The Bertz CT molecular complexity index is 359. The molecule has 6 heteroatoms. The number of methoxy groups -OCH3 is 1. The second-order valence-electron chi connectivity index (χ2n) is 3.02. The van der Waals surface area contributed by atoms with E-state index >= 15 is 0 Å². The van der Waals surface area contributed by atoms with Crippen molar-refractivity contribution in [1.29, 1.82) is 0 Å². The molecule has 1 rings (SSSR count). The Balaban J connectivity index is 2.60. The van der Waals surface area contributed by atoms with Crippen molar-refractivity contribution >= 4 is 12.3 Å². The quantitative estimate of drug-likeness (QED) is 0.396. The number of esters is 1. The monoisotopic (exact) mass is 223 g/mol. The highest BCUT2D eigenvalue weighted by Gasteiger charge is 2.18. The summed E-state index contributed by atoms with van der Waals surface area (Å²) in [7, 11) is 1.31. The molecule has 0 aliphatic rings. The molecular weight excluding hydrogens is 210 g/mol. The number of aldehydes is 1. The highest BCUT2D eigenvalue weighted by molar-refractivity contribution is 5.76. The minimum absolute atomic E-state index is 0.398. The lowest BCUT2D eigenvalue weighted by atomic mass is 10.1. The molecule has 0 spiro atoms. The van der Waals surface area contributed by atoms with Crippen molar-refractivity contribution < 1.29 is 14.3 Å². The second-order valence-corrected chi connectivity index (χ2v) is 3.02. The maximum absolute atomic E-state index is 11.4. The van der Waals surface area contributed by atoms with E-state index in [1.807, 2.05) is 0 Å². The molecule has 16 heavy (non-hydrogen) atoms. The lowest BCUT2D eigenvalue weighted by molar-refractivity contribution is -0.142. The van der Waals surface area contributed by atoms with Crippen LogP contribution in [-0.2, 0) is 20.7 Å². The van der Waals surface area contributed by atoms with Gasteiger partial charge in [0, 0.05) is 24.5 Å². The number of nitrogens with one attached hydrogen (secondary N) is 2. The Morgan fingerprint density at radius 3 is 3.12 bits per heavy atom. The first-order chi connectivity index (χ1) is 7.77. The molecule has 0 saturated heterocycles. The van der Waals surface area contributed by atoms with E-state index in [2.05, 4.69) is 20.0 Å². The number of aromatic nitrogens is 2. The van der Waals surface area contributed by atoms with E-state index in [0.29, 0.717) is 12.7 Å². The van der Waals surface area contributed by atoms with Gasteiger partial charge in [-0.3, -0.25) is 4.79 Å². The van der Waals surface area contributed by atoms with Gasteiger partial charge in [-0.2, -0.15) is 0 Å². The predicted molar refractivity (Wildman–Crippen MR) is 56.4 cm³/mol. The second kappa shape index (κ2) is 6.39. The number of aromatic amines is 1. The lowest BCUT2D eigenvalue weighted by Crippen LogP contribution is -2.36. The summed E-state index contributed by atoms with van der Waals surface area (Å²) >= 11 is 0. The standard InChI is InChI=1S/C10H13N3O3/c1-16-10(15)9(12-3-2-4-14)5-8-6-11-7-13-8/h2-4,6-7,9,12H,5H2,1H3,(H,11,13)/t9-/m0/s1. The van der Waals surface area contributed by atoms with Crippen LogP contribution < -0.4 is 5.32 Å². The van der Waals surface area contributed by atoms with Gasteiger partial charge in [-0.15, -0.1) is 0 Å². The average Bonchev–Trinajstić information content (AvgIpc) is 2.80. The minimum atomic E-state index is -0.540. The van der Waals surface area contributed by atoms with E-state index in [1.165, 1.54) is 25.7 Å². The van der Waals surface area contributed by atoms with E-state index in [0.717, 1.165) is 5.69 Å². The van der Waals surface area contributed by atoms with Crippen LogP contribution in [0.25, 0.3) is 0 Å². The molecule has 2 N–H and O–H groups in total. The first kappa shape index (κ1) is 12.0. The molecule has 0 aliphatic carbocycles. The van der Waals surface area contributed by atoms with Crippen molar-refractivity contribution in [1.82, 2.24) is 15.3 Å². The molecule has 0 saturated carbocycles. The van der Waals surface area contributed by atoms with Gasteiger partial charge in [-0.25, -0.2) is 9.78 Å². The van der Waals surface area contributed by atoms with Gasteiger partial charge < -0.3 is 15.0 Å². The summed E-state index contributed by atoms with van der Waals surface area (Å²) in [6.07, 6.45) is 6.87. The number of nitrogens with zero attached hydrogens (tertiary/aromatic N) is 1. The SMILES string of the molecule is COC(=O)[C@H](Cc1cnc[nH]1)NC=CC=O. The van der Waals surface area contributed by atoms with Crippen LogP contribution in [0.5, 0.6) is 0 Å². The summed E-state index contributed by atoms with van der Waals surface area (Å²) in [4.78, 5) is 28.2. The maximum Gasteiger partial charge on any atom is 0.328 e. The fourth-order valence-corrected chi connectivity index (χ4v) is 1.18. The fraction of sp³-hybridized carbons (Fsp3) is 0.300. The highest BCUT2D eigenvalue weighted by atomic mass is 16.5. The van der Waals surface area contributed by atoms with E-state index in [9.17, 15) is 9.59 Å². The van der Waals surface area contributed by atoms with Crippen molar-refractivity contribution in [3.8, 4) is 0 Å². The zero-order chi connectivity index (χ0) is 11.8. The number of carbonyl (C=O) groups is 2. The van der Waals surface area contributed by atoms with Gasteiger partial charge in [0.05, 0.1) is 13.4 Å². The summed E-state index contributed by atoms with van der Waals surface area (Å²) in [6, 6.07) is -0.540. The molecular formula is C10H13N3O3. The van der Waals surface area contributed by atoms with Crippen LogP contribution in [0.4, 0.5) is 0 Å². The summed E-state index contributed by atoms with van der Waals surface area (Å²) in [6.45, 7) is 0. The molecule has 6 nitrogen and oxygen atoms in total. The molecule has 0 unspecified atom stereocenters. The lowest BCUT2D eigenvalue weighted by Gasteiger charge is -2.13. The highest BCUT2D eigenvalue weighted by Crippen LogP contribution is 2.00. The molecule has 0 aromatic carbocycles. The number of carbonyl (C=O) groups excluding carboxylic acids is 2. The number of hydrogen-bond donors (Lipinski definition) is 2. The molecule has 0 amide bonds. The van der Waals surface area contributed by atoms with Gasteiger partial charge in [0.2, 0.25) is 0 Å². The average molecular weight is 223 g/mol. The Morgan fingerprint density at radius 2 is 2.56 bits per heavy atom. The first-order valence-corrected chi connectivity index (χ1v) is 4.69. The Labute approximate surface area is 92.7 Å². The number of allylic oxidation sites excluding steroid dienone is 1.